The second kappa shape index (κ2) is 7.29. The Morgan fingerprint density at radius 3 is 2.57 bits per heavy atom. The van der Waals surface area contributed by atoms with E-state index in [0.29, 0.717) is 17.7 Å². The lowest BCUT2D eigenvalue weighted by Crippen LogP contribution is -2.43. The van der Waals surface area contributed by atoms with Crippen molar-refractivity contribution in [2.75, 3.05) is 5.32 Å². The zero-order chi connectivity index (χ0) is 16.0. The second-order valence-electron chi connectivity index (χ2n) is 5.26. The average Bonchev–Trinajstić information content (AvgIpc) is 2.39. The van der Waals surface area contributed by atoms with Gasteiger partial charge in [-0.1, -0.05) is 19.9 Å². The Morgan fingerprint density at radius 2 is 2.05 bits per heavy atom. The number of nitrogens with one attached hydrogen (secondary N) is 2. The van der Waals surface area contributed by atoms with Gasteiger partial charge in [-0.15, -0.1) is 0 Å². The van der Waals surface area contributed by atoms with Gasteiger partial charge in [0.05, 0.1) is 11.6 Å². The van der Waals surface area contributed by atoms with Crippen LogP contribution in [0.25, 0.3) is 0 Å². The first-order chi connectivity index (χ1) is 9.83. The van der Waals surface area contributed by atoms with Gasteiger partial charge in [0, 0.05) is 5.69 Å². The van der Waals surface area contributed by atoms with Crippen molar-refractivity contribution in [1.82, 2.24) is 5.32 Å². The molecule has 0 heterocycles. The minimum Gasteiger partial charge on any atom is -0.480 e. The molecule has 1 rings (SSSR count). The molecule has 0 aliphatic carbocycles. The maximum Gasteiger partial charge on any atom is 0.326 e. The van der Waals surface area contributed by atoms with E-state index >= 15 is 0 Å². The highest BCUT2D eigenvalue weighted by molar-refractivity contribution is 5.93. The predicted molar refractivity (Wildman–Crippen MR) is 78.9 cm³/mol. The summed E-state index contributed by atoms with van der Waals surface area (Å²) in [7, 11) is 0. The molecule has 0 saturated carbocycles. The summed E-state index contributed by atoms with van der Waals surface area (Å²) >= 11 is 0. The van der Waals surface area contributed by atoms with E-state index in [1.165, 1.54) is 0 Å². The van der Waals surface area contributed by atoms with Crippen LogP contribution in [0.1, 0.15) is 31.4 Å². The third kappa shape index (κ3) is 5.15. The second-order valence-corrected chi connectivity index (χ2v) is 5.26. The number of rotatable bonds is 5. The number of carbonyl (C=O) groups is 2. The lowest BCUT2D eigenvalue weighted by Gasteiger charge is -2.17. The van der Waals surface area contributed by atoms with Crippen LogP contribution in [-0.2, 0) is 4.79 Å². The van der Waals surface area contributed by atoms with E-state index in [0.717, 1.165) is 5.56 Å². The number of carbonyl (C=O) groups excluding carboxylic acids is 1. The minimum atomic E-state index is -1.07. The first kappa shape index (κ1) is 16.5. The molecule has 1 atom stereocenters. The largest absolute Gasteiger partial charge is 0.480 e. The Kier molecular flexibility index (Phi) is 5.73. The van der Waals surface area contributed by atoms with Crippen LogP contribution in [0.15, 0.2) is 18.2 Å². The van der Waals surface area contributed by atoms with Crippen LogP contribution >= 0.6 is 0 Å². The van der Waals surface area contributed by atoms with E-state index in [1.54, 1.807) is 25.1 Å². The van der Waals surface area contributed by atoms with E-state index in [9.17, 15) is 9.59 Å². The van der Waals surface area contributed by atoms with Gasteiger partial charge in [0.25, 0.3) is 0 Å². The number of urea groups is 1. The SMILES string of the molecule is Cc1ccc(C#N)cc1NC(=O)NC(CC(C)C)C(=O)O. The summed E-state index contributed by atoms with van der Waals surface area (Å²) < 4.78 is 0. The number of benzene rings is 1. The topological polar surface area (TPSA) is 102 Å². The van der Waals surface area contributed by atoms with Crippen LogP contribution in [0, 0.1) is 24.2 Å². The van der Waals surface area contributed by atoms with E-state index in [4.69, 9.17) is 10.4 Å². The van der Waals surface area contributed by atoms with Crippen molar-refractivity contribution >= 4 is 17.7 Å². The van der Waals surface area contributed by atoms with Gasteiger partial charge in [-0.3, -0.25) is 0 Å². The molecule has 0 aliphatic heterocycles. The van der Waals surface area contributed by atoms with Crippen LogP contribution in [-0.4, -0.2) is 23.1 Å². The third-order valence-electron chi connectivity index (χ3n) is 2.93. The highest BCUT2D eigenvalue weighted by Crippen LogP contribution is 2.16. The molecule has 21 heavy (non-hydrogen) atoms. The summed E-state index contributed by atoms with van der Waals surface area (Å²) in [4.78, 5) is 23.0. The zero-order valence-corrected chi connectivity index (χ0v) is 12.3. The normalized spacial score (nSPS) is 11.6. The summed E-state index contributed by atoms with van der Waals surface area (Å²) in [5, 5.41) is 22.9. The number of nitriles is 1. The van der Waals surface area contributed by atoms with Gasteiger partial charge >= 0.3 is 12.0 Å². The quantitative estimate of drug-likeness (QED) is 0.774. The van der Waals surface area contributed by atoms with Crippen molar-refractivity contribution in [1.29, 1.82) is 5.26 Å². The Bertz CT molecular complexity index is 576. The molecule has 0 aromatic heterocycles. The monoisotopic (exact) mass is 289 g/mol. The number of hydrogen-bond acceptors (Lipinski definition) is 3. The number of carboxylic acids is 1. The number of amides is 2. The van der Waals surface area contributed by atoms with Gasteiger partial charge in [0.1, 0.15) is 6.04 Å². The Labute approximate surface area is 123 Å². The molecule has 0 spiro atoms. The molecule has 0 aliphatic rings. The molecule has 112 valence electrons. The van der Waals surface area contributed by atoms with Gasteiger partial charge in [-0.2, -0.15) is 5.26 Å². The van der Waals surface area contributed by atoms with Crippen molar-refractivity contribution in [2.24, 2.45) is 5.92 Å². The summed E-state index contributed by atoms with van der Waals surface area (Å²) in [5.74, 6) is -0.920. The highest BCUT2D eigenvalue weighted by Gasteiger charge is 2.21. The molecule has 1 aromatic rings. The maximum atomic E-state index is 11.9. The number of anilines is 1. The van der Waals surface area contributed by atoms with Gasteiger partial charge in [-0.05, 0) is 37.0 Å². The fraction of sp³-hybridized carbons (Fsp3) is 0.400. The van der Waals surface area contributed by atoms with E-state index in [-0.39, 0.29) is 5.92 Å². The van der Waals surface area contributed by atoms with Crippen LogP contribution in [0.5, 0.6) is 0 Å². The smallest absolute Gasteiger partial charge is 0.326 e. The summed E-state index contributed by atoms with van der Waals surface area (Å²) in [6.45, 7) is 5.56. The molecule has 2 amide bonds. The van der Waals surface area contributed by atoms with E-state index in [2.05, 4.69) is 10.6 Å². The molecule has 0 saturated heterocycles. The molecule has 6 nitrogen and oxygen atoms in total. The van der Waals surface area contributed by atoms with Crippen LogP contribution in [0.3, 0.4) is 0 Å². The number of aliphatic carboxylic acids is 1. The Balaban J connectivity index is 2.77. The number of nitrogens with zero attached hydrogens (tertiary/aromatic N) is 1. The fourth-order valence-electron chi connectivity index (χ4n) is 1.84. The third-order valence-corrected chi connectivity index (χ3v) is 2.93. The number of aryl methyl sites for hydroxylation is 1. The molecule has 0 fully saturated rings. The first-order valence-corrected chi connectivity index (χ1v) is 6.64. The maximum absolute atomic E-state index is 11.9. The standard InChI is InChI=1S/C15H19N3O3/c1-9(2)6-13(14(19)20)18-15(21)17-12-7-11(8-16)5-4-10(12)3/h4-5,7,9,13H,6H2,1-3H3,(H,19,20)(H2,17,18,21). The lowest BCUT2D eigenvalue weighted by atomic mass is 10.0. The van der Waals surface area contributed by atoms with Crippen molar-refractivity contribution in [3.63, 3.8) is 0 Å². The Hall–Kier alpha value is -2.55. The molecular weight excluding hydrogens is 270 g/mol. The number of hydrogen-bond donors (Lipinski definition) is 3. The van der Waals surface area contributed by atoms with E-state index in [1.807, 2.05) is 19.9 Å². The van der Waals surface area contributed by atoms with E-state index < -0.39 is 18.0 Å². The van der Waals surface area contributed by atoms with Gasteiger partial charge in [-0.25, -0.2) is 9.59 Å². The molecule has 6 heteroatoms. The predicted octanol–water partition coefficient (Wildman–Crippen LogP) is 2.49. The Morgan fingerprint density at radius 1 is 1.38 bits per heavy atom. The molecular formula is C15H19N3O3. The van der Waals surface area contributed by atoms with Crippen LogP contribution in [0.4, 0.5) is 10.5 Å². The van der Waals surface area contributed by atoms with Gasteiger partial charge < -0.3 is 15.7 Å². The lowest BCUT2D eigenvalue weighted by molar-refractivity contribution is -0.139. The minimum absolute atomic E-state index is 0.148. The van der Waals surface area contributed by atoms with Gasteiger partial charge in [0.2, 0.25) is 0 Å². The van der Waals surface area contributed by atoms with Crippen molar-refractivity contribution in [3.05, 3.63) is 29.3 Å². The molecule has 0 radical (unpaired) electrons. The highest BCUT2D eigenvalue weighted by atomic mass is 16.4. The number of carboxylic acid groups (broad SMARTS) is 1. The molecule has 0 bridgehead atoms. The van der Waals surface area contributed by atoms with Crippen molar-refractivity contribution in [2.45, 2.75) is 33.2 Å². The van der Waals surface area contributed by atoms with Crippen LogP contribution in [0.2, 0.25) is 0 Å². The van der Waals surface area contributed by atoms with Crippen molar-refractivity contribution in [3.8, 4) is 6.07 Å². The fourth-order valence-corrected chi connectivity index (χ4v) is 1.84. The average molecular weight is 289 g/mol. The molecule has 1 unspecified atom stereocenters. The molecule has 1 aromatic carbocycles. The van der Waals surface area contributed by atoms with Gasteiger partial charge in [0.15, 0.2) is 0 Å². The zero-order valence-electron chi connectivity index (χ0n) is 12.3. The van der Waals surface area contributed by atoms with Crippen LogP contribution < -0.4 is 10.6 Å². The van der Waals surface area contributed by atoms with Crippen molar-refractivity contribution < 1.29 is 14.7 Å². The first-order valence-electron chi connectivity index (χ1n) is 6.64. The summed E-state index contributed by atoms with van der Waals surface area (Å²) in [5.41, 5.74) is 1.70. The summed E-state index contributed by atoms with van der Waals surface area (Å²) in [6.07, 6.45) is 0.347. The molecule has 3 N–H and O–H groups in total. The summed E-state index contributed by atoms with van der Waals surface area (Å²) in [6, 6.07) is 5.37.